The first-order valence-corrected chi connectivity index (χ1v) is 5.08. The van der Waals surface area contributed by atoms with Gasteiger partial charge in [0.2, 0.25) is 5.91 Å². The van der Waals surface area contributed by atoms with Crippen molar-refractivity contribution in [2.24, 2.45) is 5.92 Å². The number of rotatable bonds is 3. The molecule has 0 aromatic heterocycles. The Morgan fingerprint density at radius 3 is 2.38 bits per heavy atom. The number of ether oxygens (including phenoxy) is 1. The third-order valence-electron chi connectivity index (χ3n) is 2.83. The summed E-state index contributed by atoms with van der Waals surface area (Å²) < 4.78 is 5.04. The van der Waals surface area contributed by atoms with Gasteiger partial charge in [0.25, 0.3) is 0 Å². The van der Waals surface area contributed by atoms with Crippen LogP contribution in [-0.2, 0) is 9.59 Å². The predicted octanol–water partition coefficient (Wildman–Crippen LogP) is 1.07. The summed E-state index contributed by atoms with van der Waals surface area (Å²) in [5, 5.41) is 2.73. The first-order valence-electron chi connectivity index (χ1n) is 5.08. The summed E-state index contributed by atoms with van der Waals surface area (Å²) >= 11 is 0. The van der Waals surface area contributed by atoms with Crippen LogP contribution < -0.4 is 10.1 Å². The summed E-state index contributed by atoms with van der Waals surface area (Å²) in [6.45, 7) is 1.44. The quantitative estimate of drug-likeness (QED) is 0.611. The van der Waals surface area contributed by atoms with Crippen molar-refractivity contribution in [2.45, 2.75) is 13.0 Å². The lowest BCUT2D eigenvalue weighted by Crippen LogP contribution is -2.54. The van der Waals surface area contributed by atoms with Gasteiger partial charge < -0.3 is 10.1 Å². The number of carbonyl (C=O) groups is 2. The second kappa shape index (κ2) is 3.96. The van der Waals surface area contributed by atoms with E-state index in [4.69, 9.17) is 4.74 Å². The molecule has 2 atom stereocenters. The van der Waals surface area contributed by atoms with Gasteiger partial charge in [0, 0.05) is 0 Å². The summed E-state index contributed by atoms with van der Waals surface area (Å²) in [5.41, 5.74) is 0.931. The summed E-state index contributed by atoms with van der Waals surface area (Å²) in [5.74, 6) is -0.0555. The zero-order valence-electron chi connectivity index (χ0n) is 9.19. The Morgan fingerprint density at radius 1 is 1.31 bits per heavy atom. The Morgan fingerprint density at radius 2 is 1.94 bits per heavy atom. The molecular formula is C12H13NO3. The van der Waals surface area contributed by atoms with Crippen molar-refractivity contribution in [3.63, 3.8) is 0 Å². The molecule has 84 valence electrons. The molecule has 1 saturated heterocycles. The summed E-state index contributed by atoms with van der Waals surface area (Å²) in [6.07, 6.45) is 0. The van der Waals surface area contributed by atoms with Crippen molar-refractivity contribution in [1.29, 1.82) is 0 Å². The Bertz CT molecular complexity index is 416. The lowest BCUT2D eigenvalue weighted by Gasteiger charge is -2.35. The van der Waals surface area contributed by atoms with Gasteiger partial charge in [-0.2, -0.15) is 0 Å². The van der Waals surface area contributed by atoms with E-state index in [-0.39, 0.29) is 17.7 Å². The monoisotopic (exact) mass is 219 g/mol. The zero-order valence-corrected chi connectivity index (χ0v) is 9.19. The molecule has 0 spiro atoms. The average molecular weight is 219 g/mol. The van der Waals surface area contributed by atoms with E-state index in [1.54, 1.807) is 7.11 Å². The SMILES string of the molecule is COc1ccc([C@@H]2NC(=O)[C@@H]2C(C)=O)cc1. The van der Waals surface area contributed by atoms with Gasteiger partial charge in [-0.3, -0.25) is 9.59 Å². The number of ketones is 1. The van der Waals surface area contributed by atoms with Crippen LogP contribution in [-0.4, -0.2) is 18.8 Å². The molecule has 4 nitrogen and oxygen atoms in total. The fourth-order valence-corrected chi connectivity index (χ4v) is 1.89. The topological polar surface area (TPSA) is 55.4 Å². The van der Waals surface area contributed by atoms with Crippen molar-refractivity contribution in [1.82, 2.24) is 5.32 Å². The van der Waals surface area contributed by atoms with Gasteiger partial charge >= 0.3 is 0 Å². The molecule has 4 heteroatoms. The van der Waals surface area contributed by atoms with Gasteiger partial charge in [0.05, 0.1) is 13.2 Å². The van der Waals surface area contributed by atoms with E-state index in [2.05, 4.69) is 5.32 Å². The lowest BCUT2D eigenvalue weighted by atomic mass is 9.82. The minimum absolute atomic E-state index is 0.0930. The number of Topliss-reactive ketones (excluding diaryl/α,β-unsaturated/α-hetero) is 1. The van der Waals surface area contributed by atoms with E-state index in [1.165, 1.54) is 6.92 Å². The normalized spacial score (nSPS) is 23.2. The second-order valence-electron chi connectivity index (χ2n) is 3.85. The van der Waals surface area contributed by atoms with E-state index >= 15 is 0 Å². The van der Waals surface area contributed by atoms with E-state index in [9.17, 15) is 9.59 Å². The van der Waals surface area contributed by atoms with Crippen LogP contribution in [0.3, 0.4) is 0 Å². The van der Waals surface area contributed by atoms with Crippen molar-refractivity contribution in [3.05, 3.63) is 29.8 Å². The molecule has 0 bridgehead atoms. The van der Waals surface area contributed by atoms with E-state index in [0.29, 0.717) is 0 Å². The van der Waals surface area contributed by atoms with Gasteiger partial charge in [0.15, 0.2) is 0 Å². The van der Waals surface area contributed by atoms with E-state index in [1.807, 2.05) is 24.3 Å². The molecular weight excluding hydrogens is 206 g/mol. The minimum atomic E-state index is -0.534. The van der Waals surface area contributed by atoms with Crippen molar-refractivity contribution >= 4 is 11.7 Å². The Hall–Kier alpha value is -1.84. The van der Waals surface area contributed by atoms with Crippen LogP contribution in [0, 0.1) is 5.92 Å². The van der Waals surface area contributed by atoms with Gasteiger partial charge in [-0.05, 0) is 24.6 Å². The molecule has 1 aliphatic heterocycles. The molecule has 1 aromatic carbocycles. The van der Waals surface area contributed by atoms with E-state index < -0.39 is 5.92 Å². The molecule has 1 heterocycles. The third-order valence-corrected chi connectivity index (χ3v) is 2.83. The molecule has 1 N–H and O–H groups in total. The van der Waals surface area contributed by atoms with Crippen molar-refractivity contribution < 1.29 is 14.3 Å². The Labute approximate surface area is 93.6 Å². The number of hydrogen-bond donors (Lipinski definition) is 1. The molecule has 1 fully saturated rings. The van der Waals surface area contributed by atoms with Crippen LogP contribution in [0.4, 0.5) is 0 Å². The maximum atomic E-state index is 11.3. The molecule has 0 unspecified atom stereocenters. The highest BCUT2D eigenvalue weighted by Crippen LogP contribution is 2.31. The van der Waals surface area contributed by atoms with Crippen LogP contribution >= 0.6 is 0 Å². The maximum Gasteiger partial charge on any atom is 0.233 e. The number of nitrogens with one attached hydrogen (secondary N) is 1. The molecule has 2 rings (SSSR count). The number of methoxy groups -OCH3 is 1. The highest BCUT2D eigenvalue weighted by molar-refractivity contribution is 6.05. The fourth-order valence-electron chi connectivity index (χ4n) is 1.89. The summed E-state index contributed by atoms with van der Waals surface area (Å²) in [6, 6.07) is 7.17. The highest BCUT2D eigenvalue weighted by Gasteiger charge is 2.43. The number of hydrogen-bond acceptors (Lipinski definition) is 3. The zero-order chi connectivity index (χ0) is 11.7. The molecule has 0 saturated carbocycles. The number of benzene rings is 1. The minimum Gasteiger partial charge on any atom is -0.497 e. The first kappa shape index (κ1) is 10.7. The van der Waals surface area contributed by atoms with Crippen LogP contribution in [0.25, 0.3) is 0 Å². The van der Waals surface area contributed by atoms with Crippen LogP contribution in [0.15, 0.2) is 24.3 Å². The standard InChI is InChI=1S/C12H13NO3/c1-7(14)10-11(13-12(10)15)8-3-5-9(16-2)6-4-8/h3-6,10-11H,1-2H3,(H,13,15)/t10-,11+/m1/s1. The smallest absolute Gasteiger partial charge is 0.233 e. The Balaban J connectivity index is 2.19. The highest BCUT2D eigenvalue weighted by atomic mass is 16.5. The lowest BCUT2D eigenvalue weighted by molar-refractivity contribution is -0.142. The van der Waals surface area contributed by atoms with Gasteiger partial charge in [-0.15, -0.1) is 0 Å². The van der Waals surface area contributed by atoms with E-state index in [0.717, 1.165) is 11.3 Å². The summed E-state index contributed by atoms with van der Waals surface area (Å²) in [4.78, 5) is 22.5. The molecule has 16 heavy (non-hydrogen) atoms. The molecule has 1 amide bonds. The van der Waals surface area contributed by atoms with Gasteiger partial charge in [-0.25, -0.2) is 0 Å². The number of β-lactam (4-membered cyclic amide) rings is 1. The second-order valence-corrected chi connectivity index (χ2v) is 3.85. The molecule has 0 radical (unpaired) electrons. The first-order chi connectivity index (χ1) is 7.63. The number of carbonyl (C=O) groups excluding carboxylic acids is 2. The van der Waals surface area contributed by atoms with Crippen LogP contribution in [0.2, 0.25) is 0 Å². The van der Waals surface area contributed by atoms with Crippen LogP contribution in [0.1, 0.15) is 18.5 Å². The molecule has 0 aliphatic carbocycles. The third kappa shape index (κ3) is 1.66. The number of amides is 1. The Kier molecular flexibility index (Phi) is 2.64. The maximum absolute atomic E-state index is 11.3. The average Bonchev–Trinajstić information content (AvgIpc) is 2.25. The molecule has 1 aliphatic rings. The largest absolute Gasteiger partial charge is 0.497 e. The fraction of sp³-hybridized carbons (Fsp3) is 0.333. The predicted molar refractivity (Wildman–Crippen MR) is 58.0 cm³/mol. The van der Waals surface area contributed by atoms with Gasteiger partial charge in [-0.1, -0.05) is 12.1 Å². The molecule has 1 aromatic rings. The van der Waals surface area contributed by atoms with Gasteiger partial charge in [0.1, 0.15) is 17.5 Å². The summed E-state index contributed by atoms with van der Waals surface area (Å²) in [7, 11) is 1.60. The van der Waals surface area contributed by atoms with Crippen molar-refractivity contribution in [3.8, 4) is 5.75 Å². The van der Waals surface area contributed by atoms with Crippen molar-refractivity contribution in [2.75, 3.05) is 7.11 Å². The van der Waals surface area contributed by atoms with Crippen LogP contribution in [0.5, 0.6) is 5.75 Å².